The maximum atomic E-state index is 11.7. The maximum Gasteiger partial charge on any atom is 0.248 e. The fraction of sp³-hybridized carbons (Fsp3) is 0.500. The first-order chi connectivity index (χ1) is 7.40. The Kier molecular flexibility index (Phi) is 2.22. The summed E-state index contributed by atoms with van der Waals surface area (Å²) in [5.74, 6) is -0.140. The molecule has 1 aliphatic carbocycles. The molecule has 0 aromatic heterocycles. The van der Waals surface area contributed by atoms with E-state index in [1.54, 1.807) is 19.9 Å². The lowest BCUT2D eigenvalue weighted by Gasteiger charge is -2.38. The molecule has 0 radical (unpaired) electrons. The van der Waals surface area contributed by atoms with E-state index in [1.807, 2.05) is 0 Å². The van der Waals surface area contributed by atoms with Crippen molar-refractivity contribution < 1.29 is 9.72 Å². The number of allylic oxidation sites excluding steroid dienone is 2. The van der Waals surface area contributed by atoms with Crippen LogP contribution in [0.4, 0.5) is 0 Å². The van der Waals surface area contributed by atoms with E-state index in [4.69, 9.17) is 0 Å². The lowest BCUT2D eigenvalue weighted by Crippen LogP contribution is -2.62. The van der Waals surface area contributed by atoms with Crippen LogP contribution in [-0.2, 0) is 4.79 Å². The number of fused-ring (bicyclic) bond motifs is 1. The van der Waals surface area contributed by atoms with Gasteiger partial charge in [0, 0.05) is 11.8 Å². The highest BCUT2D eigenvalue weighted by Crippen LogP contribution is 2.24. The molecule has 0 spiro atoms. The summed E-state index contributed by atoms with van der Waals surface area (Å²) < 4.78 is 0. The molecule has 2 rings (SSSR count). The van der Waals surface area contributed by atoms with Crippen LogP contribution in [0.3, 0.4) is 0 Å². The third-order valence-corrected chi connectivity index (χ3v) is 2.81. The molecule has 2 N–H and O–H groups in total. The van der Waals surface area contributed by atoms with Crippen molar-refractivity contribution in [2.75, 3.05) is 0 Å². The van der Waals surface area contributed by atoms with Gasteiger partial charge in [-0.2, -0.15) is 0 Å². The number of nitro groups is 1. The smallest absolute Gasteiger partial charge is 0.248 e. The number of piperazine rings is 1. The van der Waals surface area contributed by atoms with E-state index in [9.17, 15) is 14.9 Å². The predicted molar refractivity (Wildman–Crippen MR) is 56.9 cm³/mol. The summed E-state index contributed by atoms with van der Waals surface area (Å²) in [6, 6.07) is -0.300. The van der Waals surface area contributed by atoms with E-state index in [2.05, 4.69) is 10.6 Å². The van der Waals surface area contributed by atoms with Crippen LogP contribution in [0.5, 0.6) is 0 Å². The minimum Gasteiger partial charge on any atom is -0.373 e. The molecule has 0 aromatic rings. The van der Waals surface area contributed by atoms with E-state index in [-0.39, 0.29) is 24.1 Å². The minimum absolute atomic E-state index is 0.121. The molecule has 16 heavy (non-hydrogen) atoms. The summed E-state index contributed by atoms with van der Waals surface area (Å²) in [6.07, 6.45) is 3.37. The second-order valence-corrected chi connectivity index (χ2v) is 4.52. The molecule has 1 heterocycles. The van der Waals surface area contributed by atoms with Crippen molar-refractivity contribution >= 4 is 5.91 Å². The zero-order chi connectivity index (χ0) is 11.9. The molecule has 2 aliphatic rings. The Labute approximate surface area is 92.5 Å². The minimum atomic E-state index is -0.664. The highest BCUT2D eigenvalue weighted by molar-refractivity contribution is 5.87. The topological polar surface area (TPSA) is 84.3 Å². The number of nitrogens with zero attached hydrogens (tertiary/aromatic N) is 1. The summed E-state index contributed by atoms with van der Waals surface area (Å²) in [5, 5.41) is 16.5. The number of carbonyl (C=O) groups is 1. The van der Waals surface area contributed by atoms with Crippen LogP contribution in [0.25, 0.3) is 0 Å². The number of rotatable bonds is 1. The van der Waals surface area contributed by atoms with Crippen molar-refractivity contribution in [3.05, 3.63) is 33.7 Å². The monoisotopic (exact) mass is 223 g/mol. The Balaban J connectivity index is 2.26. The molecule has 0 saturated carbocycles. The standard InChI is InChI=1S/C10H13N3O3/c1-10(2)9(14)11-8-5-6(13(15)16)3-4-7(8)12-10/h3-4,8,12H,5H2,1-2H3,(H,11,14). The normalized spacial score (nSPS) is 26.9. The number of amides is 1. The quantitative estimate of drug-likeness (QED) is 0.494. The van der Waals surface area contributed by atoms with Gasteiger partial charge >= 0.3 is 0 Å². The molecular weight excluding hydrogens is 210 g/mol. The third kappa shape index (κ3) is 1.66. The molecule has 1 saturated heterocycles. The van der Waals surface area contributed by atoms with E-state index in [0.29, 0.717) is 0 Å². The van der Waals surface area contributed by atoms with Gasteiger partial charge in [0.15, 0.2) is 0 Å². The van der Waals surface area contributed by atoms with Gasteiger partial charge in [-0.15, -0.1) is 0 Å². The van der Waals surface area contributed by atoms with Crippen LogP contribution in [0.2, 0.25) is 0 Å². The van der Waals surface area contributed by atoms with Crippen LogP contribution in [0.1, 0.15) is 20.3 Å². The van der Waals surface area contributed by atoms with Crippen molar-refractivity contribution in [2.24, 2.45) is 0 Å². The van der Waals surface area contributed by atoms with Crippen molar-refractivity contribution in [3.63, 3.8) is 0 Å². The predicted octanol–water partition coefficient (Wildman–Crippen LogP) is 0.301. The number of hydrogen-bond acceptors (Lipinski definition) is 4. The van der Waals surface area contributed by atoms with Crippen molar-refractivity contribution in [1.29, 1.82) is 0 Å². The molecule has 0 bridgehead atoms. The Morgan fingerprint density at radius 1 is 1.50 bits per heavy atom. The van der Waals surface area contributed by atoms with Gasteiger partial charge in [-0.25, -0.2) is 0 Å². The Morgan fingerprint density at radius 3 is 2.81 bits per heavy atom. The Bertz CT molecular complexity index is 423. The number of hydrogen-bond donors (Lipinski definition) is 2. The third-order valence-electron chi connectivity index (χ3n) is 2.81. The summed E-state index contributed by atoms with van der Waals surface area (Å²) >= 11 is 0. The van der Waals surface area contributed by atoms with E-state index >= 15 is 0 Å². The van der Waals surface area contributed by atoms with Gasteiger partial charge in [-0.3, -0.25) is 14.9 Å². The van der Waals surface area contributed by atoms with Crippen LogP contribution >= 0.6 is 0 Å². The Morgan fingerprint density at radius 2 is 2.19 bits per heavy atom. The molecule has 1 fully saturated rings. The second kappa shape index (κ2) is 3.33. The average Bonchev–Trinajstić information content (AvgIpc) is 2.18. The second-order valence-electron chi connectivity index (χ2n) is 4.52. The highest BCUT2D eigenvalue weighted by Gasteiger charge is 2.39. The van der Waals surface area contributed by atoms with Crippen molar-refractivity contribution in [2.45, 2.75) is 31.8 Å². The van der Waals surface area contributed by atoms with Crippen molar-refractivity contribution in [1.82, 2.24) is 10.6 Å². The van der Waals surface area contributed by atoms with Gasteiger partial charge < -0.3 is 10.6 Å². The van der Waals surface area contributed by atoms with E-state index < -0.39 is 10.5 Å². The summed E-state index contributed by atoms with van der Waals surface area (Å²) in [7, 11) is 0. The maximum absolute atomic E-state index is 11.7. The van der Waals surface area contributed by atoms with Gasteiger partial charge in [0.25, 0.3) is 0 Å². The molecule has 1 aliphatic heterocycles. The first-order valence-corrected chi connectivity index (χ1v) is 5.04. The first-order valence-electron chi connectivity index (χ1n) is 5.04. The van der Waals surface area contributed by atoms with Gasteiger partial charge in [-0.05, 0) is 19.9 Å². The zero-order valence-corrected chi connectivity index (χ0v) is 9.11. The first kappa shape index (κ1) is 10.7. The molecule has 1 atom stereocenters. The van der Waals surface area contributed by atoms with Crippen LogP contribution < -0.4 is 10.6 Å². The van der Waals surface area contributed by atoms with Gasteiger partial charge in [0.1, 0.15) is 5.54 Å². The molecule has 1 unspecified atom stereocenters. The van der Waals surface area contributed by atoms with Gasteiger partial charge in [0.2, 0.25) is 11.6 Å². The molecule has 86 valence electrons. The lowest BCUT2D eigenvalue weighted by molar-refractivity contribution is -0.428. The fourth-order valence-electron chi connectivity index (χ4n) is 1.84. The largest absolute Gasteiger partial charge is 0.373 e. The fourth-order valence-corrected chi connectivity index (χ4v) is 1.84. The average molecular weight is 223 g/mol. The number of nitrogens with one attached hydrogen (secondary N) is 2. The molecule has 0 aromatic carbocycles. The van der Waals surface area contributed by atoms with Crippen LogP contribution in [-0.4, -0.2) is 22.4 Å². The molecule has 6 heteroatoms. The van der Waals surface area contributed by atoms with Gasteiger partial charge in [-0.1, -0.05) is 0 Å². The summed E-state index contributed by atoms with van der Waals surface area (Å²) in [5.41, 5.74) is 0.285. The lowest BCUT2D eigenvalue weighted by atomic mass is 9.92. The SMILES string of the molecule is CC1(C)NC2=CC=C([N+](=O)[O-])CC2NC1=O. The van der Waals surface area contributed by atoms with Crippen molar-refractivity contribution in [3.8, 4) is 0 Å². The Hall–Kier alpha value is -1.85. The van der Waals surface area contributed by atoms with E-state index in [1.165, 1.54) is 6.08 Å². The molecule has 6 nitrogen and oxygen atoms in total. The highest BCUT2D eigenvalue weighted by atomic mass is 16.6. The van der Waals surface area contributed by atoms with E-state index in [0.717, 1.165) is 5.70 Å². The molecular formula is C10H13N3O3. The molecule has 1 amide bonds. The zero-order valence-electron chi connectivity index (χ0n) is 9.11. The number of carbonyl (C=O) groups excluding carboxylic acids is 1. The van der Waals surface area contributed by atoms with Gasteiger partial charge in [0.05, 0.1) is 17.4 Å². The summed E-state index contributed by atoms with van der Waals surface area (Å²) in [6.45, 7) is 3.54. The van der Waals surface area contributed by atoms with Crippen LogP contribution in [0, 0.1) is 10.1 Å². The van der Waals surface area contributed by atoms with Crippen LogP contribution in [0.15, 0.2) is 23.5 Å². The summed E-state index contributed by atoms with van der Waals surface area (Å²) in [4.78, 5) is 21.9.